The standard InChI is InChI=1S/C14H28F2N4/c15-19-9-3-17(4-10-19,5-11-19)1-2-18-6-12-20(16,13-7-18)14-8-18/h1-14H2/q+4. The minimum atomic E-state index is -0.179. The predicted octanol–water partition coefficient (Wildman–Crippen LogP) is 0.0770. The van der Waals surface area contributed by atoms with E-state index in [1.54, 1.807) is 0 Å². The Kier molecular flexibility index (Phi) is 2.76. The van der Waals surface area contributed by atoms with Gasteiger partial charge in [-0.2, -0.15) is 0 Å². The zero-order chi connectivity index (χ0) is 13.9. The second kappa shape index (κ2) is 4.12. The smallest absolute Gasteiger partial charge is 0.164 e. The van der Waals surface area contributed by atoms with E-state index < -0.39 is 0 Å². The molecule has 0 amide bonds. The SMILES string of the molecule is F[N+]12CC[N+](CC[N+]34CC[N+](F)(CC3)CC4)(CC1)CC2. The normalized spacial score (nSPS) is 54.3. The lowest BCUT2D eigenvalue weighted by molar-refractivity contribution is -1.16. The summed E-state index contributed by atoms with van der Waals surface area (Å²) in [6.45, 7) is 12.7. The highest BCUT2D eigenvalue weighted by Crippen LogP contribution is 2.30. The Morgan fingerprint density at radius 3 is 0.950 bits per heavy atom. The number of piperazine rings is 6. The Morgan fingerprint density at radius 1 is 0.450 bits per heavy atom. The van der Waals surface area contributed by atoms with Crippen molar-refractivity contribution in [3.63, 3.8) is 0 Å². The fourth-order valence-electron chi connectivity index (χ4n) is 4.78. The first-order valence-corrected chi connectivity index (χ1v) is 8.27. The minimum Gasteiger partial charge on any atom is -0.305 e. The van der Waals surface area contributed by atoms with Gasteiger partial charge in [-0.05, 0) is 8.96 Å². The number of hydrogen-bond donors (Lipinski definition) is 0. The molecule has 6 aliphatic heterocycles. The maximum Gasteiger partial charge on any atom is 0.164 e. The number of halogens is 2. The third-order valence-electron chi connectivity index (χ3n) is 6.90. The second-order valence-electron chi connectivity index (χ2n) is 7.87. The molecule has 6 heterocycles. The van der Waals surface area contributed by atoms with Crippen molar-refractivity contribution < 1.29 is 27.3 Å². The van der Waals surface area contributed by atoms with Gasteiger partial charge in [-0.3, -0.25) is 0 Å². The molecule has 6 aliphatic rings. The van der Waals surface area contributed by atoms with Gasteiger partial charge in [0.1, 0.15) is 52.4 Å². The zero-order valence-corrected chi connectivity index (χ0v) is 12.4. The summed E-state index contributed by atoms with van der Waals surface area (Å²) in [5.41, 5.74) is 0. The van der Waals surface area contributed by atoms with Crippen molar-refractivity contribution in [3.05, 3.63) is 0 Å². The molecule has 4 nitrogen and oxygen atoms in total. The van der Waals surface area contributed by atoms with E-state index in [1.165, 1.54) is 13.1 Å². The lowest BCUT2D eigenvalue weighted by atomic mass is 10.1. The van der Waals surface area contributed by atoms with Crippen LogP contribution in [0.5, 0.6) is 0 Å². The van der Waals surface area contributed by atoms with Crippen LogP contribution >= 0.6 is 0 Å². The minimum absolute atomic E-state index is 0.179. The molecule has 0 atom stereocenters. The average molecular weight is 290 g/mol. The van der Waals surface area contributed by atoms with Crippen LogP contribution in [-0.4, -0.2) is 110 Å². The first-order chi connectivity index (χ1) is 9.45. The summed E-state index contributed by atoms with van der Waals surface area (Å²) < 4.78 is 30.3. The van der Waals surface area contributed by atoms with Crippen LogP contribution in [-0.2, 0) is 0 Å². The fraction of sp³-hybridized carbons (Fsp3) is 1.00. The molecule has 6 rings (SSSR count). The molecule has 0 aromatic rings. The second-order valence-corrected chi connectivity index (χ2v) is 7.87. The van der Waals surface area contributed by atoms with Crippen molar-refractivity contribution in [2.45, 2.75) is 0 Å². The third kappa shape index (κ3) is 2.08. The highest BCUT2D eigenvalue weighted by Gasteiger charge is 2.54. The highest BCUT2D eigenvalue weighted by atomic mass is 19.2. The van der Waals surface area contributed by atoms with E-state index in [2.05, 4.69) is 0 Å². The van der Waals surface area contributed by atoms with E-state index >= 15 is 0 Å². The van der Waals surface area contributed by atoms with Gasteiger partial charge >= 0.3 is 0 Å². The van der Waals surface area contributed by atoms with Crippen LogP contribution in [0.4, 0.5) is 8.96 Å². The van der Waals surface area contributed by atoms with Crippen LogP contribution in [0.1, 0.15) is 0 Å². The molecule has 0 unspecified atom stereocenters. The molecule has 0 aromatic carbocycles. The Balaban J connectivity index is 1.39. The van der Waals surface area contributed by atoms with Crippen molar-refractivity contribution in [2.75, 3.05) is 91.6 Å². The van der Waals surface area contributed by atoms with Crippen LogP contribution in [0.15, 0.2) is 0 Å². The summed E-state index contributed by atoms with van der Waals surface area (Å²) >= 11 is 0. The van der Waals surface area contributed by atoms with E-state index in [-0.39, 0.29) is 9.41 Å². The third-order valence-corrected chi connectivity index (χ3v) is 6.90. The first kappa shape index (κ1) is 13.4. The van der Waals surface area contributed by atoms with E-state index in [0.29, 0.717) is 39.3 Å². The number of hydrogen-bond acceptors (Lipinski definition) is 0. The molecule has 6 saturated heterocycles. The highest BCUT2D eigenvalue weighted by molar-refractivity contribution is 4.62. The molecule has 6 heteroatoms. The number of nitrogens with zero attached hydrogens (tertiary/aromatic N) is 4. The van der Waals surface area contributed by atoms with Gasteiger partial charge in [-0.15, -0.1) is 9.41 Å². The van der Waals surface area contributed by atoms with Crippen LogP contribution < -0.4 is 0 Å². The molecule has 6 fully saturated rings. The van der Waals surface area contributed by atoms with E-state index in [4.69, 9.17) is 0 Å². The molecular weight excluding hydrogens is 262 g/mol. The maximum atomic E-state index is 14.2. The maximum absolute atomic E-state index is 14.2. The van der Waals surface area contributed by atoms with Crippen molar-refractivity contribution in [1.29, 1.82) is 0 Å². The van der Waals surface area contributed by atoms with Crippen molar-refractivity contribution in [2.24, 2.45) is 0 Å². The van der Waals surface area contributed by atoms with Gasteiger partial charge < -0.3 is 8.97 Å². The first-order valence-electron chi connectivity index (χ1n) is 8.27. The van der Waals surface area contributed by atoms with Gasteiger partial charge in [0.15, 0.2) is 39.3 Å². The van der Waals surface area contributed by atoms with Gasteiger partial charge in [0.2, 0.25) is 0 Å². The molecular formula is C14H28F2N4+4. The van der Waals surface area contributed by atoms with E-state index in [1.807, 2.05) is 0 Å². The van der Waals surface area contributed by atoms with Crippen LogP contribution in [0.25, 0.3) is 0 Å². The zero-order valence-electron chi connectivity index (χ0n) is 12.4. The quantitative estimate of drug-likeness (QED) is 0.510. The molecule has 20 heavy (non-hydrogen) atoms. The molecule has 0 radical (unpaired) electrons. The number of fused-ring (bicyclic) bond motifs is 6. The molecule has 0 saturated carbocycles. The summed E-state index contributed by atoms with van der Waals surface area (Å²) in [4.78, 5) is 0. The monoisotopic (exact) mass is 290 g/mol. The topological polar surface area (TPSA) is 0 Å². The summed E-state index contributed by atoms with van der Waals surface area (Å²) in [7, 11) is 0. The number of quaternary nitrogens is 4. The van der Waals surface area contributed by atoms with Crippen LogP contribution in [0, 0.1) is 0 Å². The van der Waals surface area contributed by atoms with Crippen LogP contribution in [0.2, 0.25) is 0 Å². The lowest BCUT2D eigenvalue weighted by Crippen LogP contribution is -2.76. The van der Waals surface area contributed by atoms with E-state index in [0.717, 1.165) is 48.2 Å². The summed E-state index contributed by atoms with van der Waals surface area (Å²) in [6.07, 6.45) is 0. The lowest BCUT2D eigenvalue weighted by Gasteiger charge is -2.53. The fourth-order valence-corrected chi connectivity index (χ4v) is 4.78. The molecule has 0 spiro atoms. The van der Waals surface area contributed by atoms with Gasteiger partial charge in [-0.1, -0.05) is 0 Å². The molecule has 0 aliphatic carbocycles. The van der Waals surface area contributed by atoms with Crippen molar-refractivity contribution in [3.8, 4) is 0 Å². The molecule has 0 aromatic heterocycles. The van der Waals surface area contributed by atoms with E-state index in [9.17, 15) is 8.96 Å². The Hall–Kier alpha value is -0.300. The summed E-state index contributed by atoms with van der Waals surface area (Å²) in [5, 5.41) is 0. The number of rotatable bonds is 3. The van der Waals surface area contributed by atoms with Gasteiger partial charge in [0.05, 0.1) is 0 Å². The summed E-state index contributed by atoms with van der Waals surface area (Å²) in [5.74, 6) is 0. The van der Waals surface area contributed by atoms with Gasteiger partial charge in [0, 0.05) is 0 Å². The Labute approximate surface area is 120 Å². The predicted molar refractivity (Wildman–Crippen MR) is 71.4 cm³/mol. The molecule has 0 N–H and O–H groups in total. The van der Waals surface area contributed by atoms with Gasteiger partial charge in [0.25, 0.3) is 0 Å². The van der Waals surface area contributed by atoms with Crippen LogP contribution in [0.3, 0.4) is 0 Å². The Bertz CT molecular complexity index is 327. The van der Waals surface area contributed by atoms with Crippen molar-refractivity contribution >= 4 is 0 Å². The summed E-state index contributed by atoms with van der Waals surface area (Å²) in [6, 6.07) is 0. The average Bonchev–Trinajstić information content (AvgIpc) is 2.49. The largest absolute Gasteiger partial charge is 0.305 e. The van der Waals surface area contributed by atoms with Gasteiger partial charge in [-0.25, -0.2) is 0 Å². The molecule has 4 bridgehead atoms. The molecule has 114 valence electrons. The van der Waals surface area contributed by atoms with Crippen molar-refractivity contribution in [1.82, 2.24) is 0 Å². The Morgan fingerprint density at radius 2 is 0.700 bits per heavy atom.